The number of anilines is 2. The second-order valence-corrected chi connectivity index (χ2v) is 7.85. The Hall–Kier alpha value is -3.99. The van der Waals surface area contributed by atoms with Gasteiger partial charge in [-0.1, -0.05) is 12.1 Å². The van der Waals surface area contributed by atoms with E-state index in [1.165, 1.54) is 38.8 Å². The van der Waals surface area contributed by atoms with Crippen LogP contribution < -0.4 is 16.2 Å². The summed E-state index contributed by atoms with van der Waals surface area (Å²) < 4.78 is 42.4. The molecule has 174 valence electrons. The molecular formula is C23H20F3N7O. The summed E-state index contributed by atoms with van der Waals surface area (Å²) in [4.78, 5) is 25.1. The van der Waals surface area contributed by atoms with E-state index in [0.717, 1.165) is 37.5 Å². The van der Waals surface area contributed by atoms with Gasteiger partial charge in [-0.25, -0.2) is 14.3 Å². The Labute approximate surface area is 191 Å². The lowest BCUT2D eigenvalue weighted by atomic mass is 10.0. The molecule has 4 aromatic rings. The van der Waals surface area contributed by atoms with Gasteiger partial charge in [0.25, 0.3) is 5.56 Å². The van der Waals surface area contributed by atoms with Gasteiger partial charge >= 0.3 is 6.18 Å². The van der Waals surface area contributed by atoms with Crippen molar-refractivity contribution in [1.82, 2.24) is 29.6 Å². The van der Waals surface area contributed by atoms with Crippen LogP contribution in [-0.2, 0) is 25.7 Å². The fraction of sp³-hybridized carbons (Fsp3) is 0.217. The molecule has 0 radical (unpaired) electrons. The molecule has 11 heteroatoms. The highest BCUT2D eigenvalue weighted by Gasteiger charge is 2.33. The fourth-order valence-electron chi connectivity index (χ4n) is 4.03. The Morgan fingerprint density at radius 3 is 2.82 bits per heavy atom. The van der Waals surface area contributed by atoms with Gasteiger partial charge in [-0.15, -0.1) is 6.58 Å². The van der Waals surface area contributed by atoms with Gasteiger partial charge in [-0.3, -0.25) is 9.78 Å². The van der Waals surface area contributed by atoms with Crippen LogP contribution in [0.4, 0.5) is 24.8 Å². The summed E-state index contributed by atoms with van der Waals surface area (Å²) in [5.41, 5.74) is 1.97. The van der Waals surface area contributed by atoms with Gasteiger partial charge in [0.05, 0.1) is 12.2 Å². The Kier molecular flexibility index (Phi) is 5.40. The van der Waals surface area contributed by atoms with Gasteiger partial charge in [0.15, 0.2) is 5.65 Å². The number of hydrogen-bond donors (Lipinski definition) is 2. The predicted octanol–water partition coefficient (Wildman–Crippen LogP) is 3.57. The first kappa shape index (κ1) is 21.8. The van der Waals surface area contributed by atoms with Crippen molar-refractivity contribution in [2.45, 2.75) is 25.7 Å². The van der Waals surface area contributed by atoms with Gasteiger partial charge in [0.2, 0.25) is 5.95 Å². The van der Waals surface area contributed by atoms with Crippen LogP contribution in [0, 0.1) is 0 Å². The van der Waals surface area contributed by atoms with E-state index < -0.39 is 17.4 Å². The van der Waals surface area contributed by atoms with Crippen LogP contribution in [0.15, 0.2) is 60.2 Å². The largest absolute Gasteiger partial charge is 0.433 e. The molecule has 34 heavy (non-hydrogen) atoms. The molecule has 1 aliphatic rings. The van der Waals surface area contributed by atoms with E-state index in [9.17, 15) is 18.0 Å². The zero-order valence-corrected chi connectivity index (χ0v) is 17.9. The van der Waals surface area contributed by atoms with Crippen molar-refractivity contribution in [3.8, 4) is 5.69 Å². The Morgan fingerprint density at radius 1 is 1.18 bits per heavy atom. The minimum absolute atomic E-state index is 0.0689. The standard InChI is InChI=1S/C23H20F3N7O/c1-2-9-32-21(34)18-13-29-22(30-16-4-3-14-5-7-27-12-15(14)10-16)31-20(18)33(32)17-6-8-28-19(11-17)23(24,25)26/h2-4,6,8,10-11,13,27H,1,5,7,9,12H2,(H,29,30,31). The molecule has 0 atom stereocenters. The number of rotatable bonds is 5. The maximum Gasteiger partial charge on any atom is 0.433 e. The lowest BCUT2D eigenvalue weighted by molar-refractivity contribution is -0.141. The summed E-state index contributed by atoms with van der Waals surface area (Å²) in [6, 6.07) is 8.24. The minimum Gasteiger partial charge on any atom is -0.324 e. The first-order valence-corrected chi connectivity index (χ1v) is 10.6. The predicted molar refractivity (Wildman–Crippen MR) is 121 cm³/mol. The Balaban J connectivity index is 1.62. The summed E-state index contributed by atoms with van der Waals surface area (Å²) in [6.07, 6.45) is 0.220. The van der Waals surface area contributed by atoms with E-state index in [-0.39, 0.29) is 29.2 Å². The number of alkyl halides is 3. The third-order valence-corrected chi connectivity index (χ3v) is 5.61. The molecule has 0 aliphatic carbocycles. The highest BCUT2D eigenvalue weighted by atomic mass is 19.4. The van der Waals surface area contributed by atoms with E-state index >= 15 is 0 Å². The summed E-state index contributed by atoms with van der Waals surface area (Å²) in [5, 5.41) is 6.63. The molecule has 8 nitrogen and oxygen atoms in total. The van der Waals surface area contributed by atoms with E-state index in [1.807, 2.05) is 18.2 Å². The third kappa shape index (κ3) is 3.94. The summed E-state index contributed by atoms with van der Waals surface area (Å²) in [6.45, 7) is 5.41. The zero-order valence-electron chi connectivity index (χ0n) is 17.9. The van der Waals surface area contributed by atoms with E-state index in [4.69, 9.17) is 0 Å². The third-order valence-electron chi connectivity index (χ3n) is 5.61. The average Bonchev–Trinajstić information content (AvgIpc) is 3.10. The number of fused-ring (bicyclic) bond motifs is 2. The van der Waals surface area contributed by atoms with Crippen molar-refractivity contribution in [3.05, 3.63) is 82.6 Å². The van der Waals surface area contributed by atoms with Crippen molar-refractivity contribution in [2.24, 2.45) is 0 Å². The number of pyridine rings is 1. The van der Waals surface area contributed by atoms with E-state index in [0.29, 0.717) is 0 Å². The Morgan fingerprint density at radius 2 is 2.03 bits per heavy atom. The molecule has 0 bridgehead atoms. The first-order valence-electron chi connectivity index (χ1n) is 10.6. The number of nitrogens with zero attached hydrogens (tertiary/aromatic N) is 5. The molecule has 0 fully saturated rings. The van der Waals surface area contributed by atoms with Crippen LogP contribution in [0.2, 0.25) is 0 Å². The van der Waals surface area contributed by atoms with Gasteiger partial charge in [0, 0.05) is 24.6 Å². The second kappa shape index (κ2) is 8.41. The molecule has 0 amide bonds. The average molecular weight is 467 g/mol. The van der Waals surface area contributed by atoms with Crippen molar-refractivity contribution < 1.29 is 13.2 Å². The van der Waals surface area contributed by atoms with Crippen LogP contribution >= 0.6 is 0 Å². The molecule has 5 rings (SSSR count). The summed E-state index contributed by atoms with van der Waals surface area (Å²) in [5.74, 6) is 0.214. The van der Waals surface area contributed by atoms with Crippen molar-refractivity contribution in [1.29, 1.82) is 0 Å². The van der Waals surface area contributed by atoms with Crippen LogP contribution in [0.25, 0.3) is 16.7 Å². The van der Waals surface area contributed by atoms with Crippen LogP contribution in [0.1, 0.15) is 16.8 Å². The van der Waals surface area contributed by atoms with Crippen molar-refractivity contribution in [3.63, 3.8) is 0 Å². The molecule has 1 aliphatic heterocycles. The number of benzene rings is 1. The number of halogens is 3. The van der Waals surface area contributed by atoms with Gasteiger partial charge < -0.3 is 10.6 Å². The molecular weight excluding hydrogens is 447 g/mol. The molecule has 4 heterocycles. The van der Waals surface area contributed by atoms with Gasteiger partial charge in [-0.05, 0) is 48.4 Å². The number of allylic oxidation sites excluding steroid dienone is 1. The first-order chi connectivity index (χ1) is 16.3. The zero-order chi connectivity index (χ0) is 23.9. The molecule has 3 aromatic heterocycles. The highest BCUT2D eigenvalue weighted by Crippen LogP contribution is 2.29. The van der Waals surface area contributed by atoms with Gasteiger partial charge in [-0.2, -0.15) is 18.2 Å². The molecule has 0 saturated heterocycles. The van der Waals surface area contributed by atoms with E-state index in [1.54, 1.807) is 0 Å². The smallest absolute Gasteiger partial charge is 0.324 e. The van der Waals surface area contributed by atoms with Crippen LogP contribution in [0.5, 0.6) is 0 Å². The van der Waals surface area contributed by atoms with Crippen LogP contribution in [-0.4, -0.2) is 30.9 Å². The van der Waals surface area contributed by atoms with Gasteiger partial charge in [0.1, 0.15) is 11.1 Å². The minimum atomic E-state index is -4.63. The van der Waals surface area contributed by atoms with Crippen LogP contribution in [0.3, 0.4) is 0 Å². The summed E-state index contributed by atoms with van der Waals surface area (Å²) in [7, 11) is 0. The maximum absolute atomic E-state index is 13.3. The number of nitrogens with one attached hydrogen (secondary N) is 2. The number of aromatic nitrogens is 5. The monoisotopic (exact) mass is 467 g/mol. The summed E-state index contributed by atoms with van der Waals surface area (Å²) >= 11 is 0. The van der Waals surface area contributed by atoms with Crippen molar-refractivity contribution in [2.75, 3.05) is 11.9 Å². The van der Waals surface area contributed by atoms with E-state index in [2.05, 4.69) is 32.2 Å². The normalized spacial score (nSPS) is 13.6. The highest BCUT2D eigenvalue weighted by molar-refractivity contribution is 5.77. The molecule has 2 N–H and O–H groups in total. The number of hydrogen-bond acceptors (Lipinski definition) is 6. The Bertz CT molecular complexity index is 1460. The fourth-order valence-corrected chi connectivity index (χ4v) is 4.03. The maximum atomic E-state index is 13.3. The second-order valence-electron chi connectivity index (χ2n) is 7.85. The lowest BCUT2D eigenvalue weighted by Crippen LogP contribution is -2.23. The topological polar surface area (TPSA) is 89.7 Å². The molecule has 1 aromatic carbocycles. The molecule has 0 saturated carbocycles. The molecule has 0 spiro atoms. The SMILES string of the molecule is C=CCn1c(=O)c2cnc(Nc3ccc4c(c3)CNCC4)nc2n1-c1ccnc(C(F)(F)F)c1. The quantitative estimate of drug-likeness (QED) is 0.436. The van der Waals surface area contributed by atoms with Crippen molar-refractivity contribution >= 4 is 22.7 Å². The molecule has 0 unspecified atom stereocenters. The lowest BCUT2D eigenvalue weighted by Gasteiger charge is -2.18.